The number of thioether (sulfide) groups is 1. The molecule has 0 amide bonds. The molecule has 2 nitrogen and oxygen atoms in total. The Balaban J connectivity index is 2.48. The molecular weight excluding hydrogens is 258 g/mol. The number of aryl methyl sites for hydroxylation is 1. The van der Waals surface area contributed by atoms with Gasteiger partial charge in [0.05, 0.1) is 6.54 Å². The minimum Gasteiger partial charge on any atom is -0.271 e. The molecule has 0 spiro atoms. The predicted molar refractivity (Wildman–Crippen MR) is 45.7 cm³/mol. The van der Waals surface area contributed by atoms with Crippen LogP contribution >= 0.6 is 11.8 Å². The summed E-state index contributed by atoms with van der Waals surface area (Å²) in [5, 5.41) is 3.11. The predicted octanol–water partition coefficient (Wildman–Crippen LogP) is 3.15. The minimum atomic E-state index is -4.57. The van der Waals surface area contributed by atoms with Crippen molar-refractivity contribution in [3.05, 3.63) is 18.0 Å². The molecular formula is C7H6F6N2S. The van der Waals surface area contributed by atoms with Gasteiger partial charge in [-0.15, -0.1) is 0 Å². The highest BCUT2D eigenvalue weighted by atomic mass is 32.2. The molecule has 0 saturated heterocycles. The molecule has 0 saturated carbocycles. The Kier molecular flexibility index (Phi) is 3.76. The molecule has 1 aromatic heterocycles. The molecule has 92 valence electrons. The number of hydrogen-bond donors (Lipinski definition) is 0. The maximum atomic E-state index is 12.1. The Labute approximate surface area is 90.6 Å². The molecule has 0 N–H and O–H groups in total. The van der Waals surface area contributed by atoms with E-state index < -0.39 is 17.4 Å². The van der Waals surface area contributed by atoms with Crippen LogP contribution in [0.15, 0.2) is 12.3 Å². The molecule has 0 bridgehead atoms. The summed E-state index contributed by atoms with van der Waals surface area (Å²) in [5.74, 6) is -0.373. The molecule has 9 heteroatoms. The van der Waals surface area contributed by atoms with Crippen LogP contribution in [0.5, 0.6) is 0 Å². The van der Waals surface area contributed by atoms with Gasteiger partial charge in [0.25, 0.3) is 0 Å². The Bertz CT molecular complexity index is 341. The minimum absolute atomic E-state index is 0.222. The summed E-state index contributed by atoms with van der Waals surface area (Å²) >= 11 is -0.297. The van der Waals surface area contributed by atoms with Crippen LogP contribution in [0.25, 0.3) is 0 Å². The quantitative estimate of drug-likeness (QED) is 0.780. The van der Waals surface area contributed by atoms with Crippen molar-refractivity contribution in [1.82, 2.24) is 9.78 Å². The van der Waals surface area contributed by atoms with Crippen LogP contribution in [-0.4, -0.2) is 21.0 Å². The number of hydrogen-bond acceptors (Lipinski definition) is 2. The standard InChI is InChI=1S/C7H6F6N2S/c8-6(9,10)5-1-2-15(14-5)3-4-16-7(11,12)13/h1-2H,3-4H2. The molecule has 0 fully saturated rings. The van der Waals surface area contributed by atoms with E-state index in [4.69, 9.17) is 0 Å². The number of rotatable bonds is 3. The van der Waals surface area contributed by atoms with Crippen molar-refractivity contribution in [2.24, 2.45) is 0 Å². The molecule has 16 heavy (non-hydrogen) atoms. The second kappa shape index (κ2) is 4.56. The number of alkyl halides is 6. The van der Waals surface area contributed by atoms with Crippen LogP contribution < -0.4 is 0 Å². The zero-order chi connectivity index (χ0) is 12.4. The van der Waals surface area contributed by atoms with Crippen LogP contribution in [0.1, 0.15) is 5.69 Å². The third-order valence-corrected chi connectivity index (χ3v) is 2.23. The number of aromatic nitrogens is 2. The van der Waals surface area contributed by atoms with E-state index in [2.05, 4.69) is 5.10 Å². The third kappa shape index (κ3) is 4.33. The topological polar surface area (TPSA) is 17.8 Å². The van der Waals surface area contributed by atoms with Crippen molar-refractivity contribution < 1.29 is 26.3 Å². The van der Waals surface area contributed by atoms with E-state index in [1.165, 1.54) is 0 Å². The second-order valence-corrected chi connectivity index (χ2v) is 3.92. The largest absolute Gasteiger partial charge is 0.441 e. The van der Waals surface area contributed by atoms with E-state index in [1.807, 2.05) is 0 Å². The fourth-order valence-corrected chi connectivity index (χ4v) is 1.40. The lowest BCUT2D eigenvalue weighted by atomic mass is 10.4. The highest BCUT2D eigenvalue weighted by Gasteiger charge is 2.33. The van der Waals surface area contributed by atoms with Crippen molar-refractivity contribution in [2.45, 2.75) is 18.2 Å². The summed E-state index contributed by atoms with van der Waals surface area (Å²) in [6, 6.07) is 0.720. The van der Waals surface area contributed by atoms with Crippen LogP contribution in [0.2, 0.25) is 0 Å². The van der Waals surface area contributed by atoms with Crippen LogP contribution in [0.4, 0.5) is 26.3 Å². The Morgan fingerprint density at radius 1 is 1.19 bits per heavy atom. The van der Waals surface area contributed by atoms with E-state index in [0.717, 1.165) is 16.9 Å². The molecule has 0 aromatic carbocycles. The second-order valence-electron chi connectivity index (χ2n) is 2.76. The summed E-state index contributed by atoms with van der Waals surface area (Å²) in [6.07, 6.45) is -3.57. The van der Waals surface area contributed by atoms with Gasteiger partial charge < -0.3 is 0 Å². The Morgan fingerprint density at radius 3 is 2.25 bits per heavy atom. The molecule has 1 heterocycles. The smallest absolute Gasteiger partial charge is 0.271 e. The normalized spacial score (nSPS) is 13.1. The summed E-state index contributed by atoms with van der Waals surface area (Å²) in [5.41, 5.74) is -5.48. The fourth-order valence-electron chi connectivity index (χ4n) is 0.892. The summed E-state index contributed by atoms with van der Waals surface area (Å²) in [4.78, 5) is 0. The summed E-state index contributed by atoms with van der Waals surface area (Å²) in [6.45, 7) is -0.222. The van der Waals surface area contributed by atoms with E-state index in [1.54, 1.807) is 0 Å². The van der Waals surface area contributed by atoms with Crippen molar-refractivity contribution in [2.75, 3.05) is 5.75 Å². The zero-order valence-corrected chi connectivity index (χ0v) is 8.46. The maximum absolute atomic E-state index is 12.1. The van der Waals surface area contributed by atoms with E-state index in [9.17, 15) is 26.3 Å². The molecule has 0 aliphatic carbocycles. The van der Waals surface area contributed by atoms with Gasteiger partial charge in [-0.1, -0.05) is 0 Å². The zero-order valence-electron chi connectivity index (χ0n) is 7.64. The summed E-state index contributed by atoms with van der Waals surface area (Å²) < 4.78 is 72.1. The highest BCUT2D eigenvalue weighted by Crippen LogP contribution is 2.30. The number of nitrogens with zero attached hydrogens (tertiary/aromatic N) is 2. The van der Waals surface area contributed by atoms with E-state index in [-0.39, 0.29) is 24.1 Å². The fraction of sp³-hybridized carbons (Fsp3) is 0.571. The van der Waals surface area contributed by atoms with E-state index in [0.29, 0.717) is 0 Å². The molecule has 1 rings (SSSR count). The van der Waals surface area contributed by atoms with Gasteiger partial charge in [0, 0.05) is 11.9 Å². The van der Waals surface area contributed by atoms with Gasteiger partial charge in [-0.2, -0.15) is 31.4 Å². The van der Waals surface area contributed by atoms with Gasteiger partial charge >= 0.3 is 11.7 Å². The third-order valence-electron chi connectivity index (χ3n) is 1.52. The molecule has 0 atom stereocenters. The van der Waals surface area contributed by atoms with E-state index >= 15 is 0 Å². The van der Waals surface area contributed by atoms with Crippen molar-refractivity contribution in [3.8, 4) is 0 Å². The van der Waals surface area contributed by atoms with Crippen LogP contribution in [0.3, 0.4) is 0 Å². The lowest BCUT2D eigenvalue weighted by Gasteiger charge is -2.05. The van der Waals surface area contributed by atoms with Crippen molar-refractivity contribution in [3.63, 3.8) is 0 Å². The first-order chi connectivity index (χ1) is 7.18. The van der Waals surface area contributed by atoms with Gasteiger partial charge in [-0.3, -0.25) is 4.68 Å². The first-order valence-corrected chi connectivity index (χ1v) is 4.98. The van der Waals surface area contributed by atoms with Gasteiger partial charge in [0.2, 0.25) is 0 Å². The van der Waals surface area contributed by atoms with Gasteiger partial charge in [-0.25, -0.2) is 0 Å². The van der Waals surface area contributed by atoms with Crippen molar-refractivity contribution in [1.29, 1.82) is 0 Å². The van der Waals surface area contributed by atoms with Crippen LogP contribution in [-0.2, 0) is 12.7 Å². The van der Waals surface area contributed by atoms with Gasteiger partial charge in [0.1, 0.15) is 0 Å². The molecule has 0 radical (unpaired) electrons. The van der Waals surface area contributed by atoms with Crippen molar-refractivity contribution >= 4 is 11.8 Å². The Hall–Kier alpha value is -0.860. The maximum Gasteiger partial charge on any atom is 0.441 e. The Morgan fingerprint density at radius 2 is 1.81 bits per heavy atom. The average molecular weight is 264 g/mol. The first-order valence-electron chi connectivity index (χ1n) is 4.00. The lowest BCUT2D eigenvalue weighted by Crippen LogP contribution is -2.10. The lowest BCUT2D eigenvalue weighted by molar-refractivity contribution is -0.141. The SMILES string of the molecule is FC(F)(F)SCCn1ccc(C(F)(F)F)n1. The van der Waals surface area contributed by atoms with Gasteiger partial charge in [0.15, 0.2) is 5.69 Å². The average Bonchev–Trinajstić information content (AvgIpc) is 2.49. The monoisotopic (exact) mass is 264 g/mol. The molecule has 0 aliphatic heterocycles. The molecule has 1 aromatic rings. The van der Waals surface area contributed by atoms with Crippen LogP contribution in [0, 0.1) is 0 Å². The molecule has 0 aliphatic rings. The molecule has 0 unspecified atom stereocenters. The first kappa shape index (κ1) is 13.2. The highest BCUT2D eigenvalue weighted by molar-refractivity contribution is 8.00. The number of halogens is 6. The van der Waals surface area contributed by atoms with Gasteiger partial charge in [-0.05, 0) is 17.8 Å². The summed E-state index contributed by atoms with van der Waals surface area (Å²) in [7, 11) is 0.